The molecule has 0 unspecified atom stereocenters. The molecule has 0 spiro atoms. The fourth-order valence-electron chi connectivity index (χ4n) is 5.71. The standard InChI is InChI=1S/C31H29FNOP/c1-23-21-25(32)22-24(2)29(23)33-30(34)31(19-12-20-31)35(26-13-6-3-7-14-26,27-15-8-4-9-16-27)28-17-10-5-11-18-28/h3-11,13-18,21-22H,12,19-20H2,1-2H3/p+1. The van der Waals surface area contributed by atoms with Crippen molar-refractivity contribution in [1.29, 1.82) is 0 Å². The Hall–Kier alpha value is -3.29. The third kappa shape index (κ3) is 3.79. The van der Waals surface area contributed by atoms with Crippen LogP contribution in [0.3, 0.4) is 0 Å². The van der Waals surface area contributed by atoms with Crippen LogP contribution in [0.1, 0.15) is 30.4 Å². The Bertz CT molecular complexity index is 1210. The minimum atomic E-state index is -2.41. The molecular weight excluding hydrogens is 452 g/mol. The van der Waals surface area contributed by atoms with Gasteiger partial charge in [0.2, 0.25) is 0 Å². The van der Waals surface area contributed by atoms with E-state index in [9.17, 15) is 9.18 Å². The van der Waals surface area contributed by atoms with Crippen molar-refractivity contribution < 1.29 is 9.18 Å². The zero-order valence-corrected chi connectivity index (χ0v) is 21.1. The van der Waals surface area contributed by atoms with Crippen molar-refractivity contribution in [3.8, 4) is 0 Å². The number of amides is 1. The Kier molecular flexibility index (Phi) is 6.30. The molecule has 4 aromatic rings. The summed E-state index contributed by atoms with van der Waals surface area (Å²) in [6.07, 6.45) is 2.62. The monoisotopic (exact) mass is 482 g/mol. The predicted octanol–water partition coefficient (Wildman–Crippen LogP) is 6.30. The molecule has 0 aromatic heterocycles. The fourth-order valence-corrected chi connectivity index (χ4v) is 11.3. The Morgan fingerprint density at radius 3 is 1.49 bits per heavy atom. The number of benzene rings is 4. The Balaban J connectivity index is 1.77. The normalized spacial score (nSPS) is 14.7. The van der Waals surface area contributed by atoms with Gasteiger partial charge in [0.1, 0.15) is 29.0 Å². The number of nitrogens with one attached hydrogen (secondary N) is 1. The van der Waals surface area contributed by atoms with E-state index < -0.39 is 12.4 Å². The van der Waals surface area contributed by atoms with Gasteiger partial charge in [-0.2, -0.15) is 0 Å². The number of halogens is 1. The van der Waals surface area contributed by atoms with Gasteiger partial charge in [-0.05, 0) is 92.8 Å². The lowest BCUT2D eigenvalue weighted by Crippen LogP contribution is -2.58. The third-order valence-electron chi connectivity index (χ3n) is 7.41. The number of anilines is 1. The number of carbonyl (C=O) groups is 1. The fraction of sp³-hybridized carbons (Fsp3) is 0.194. The predicted molar refractivity (Wildman–Crippen MR) is 146 cm³/mol. The molecule has 35 heavy (non-hydrogen) atoms. The molecule has 4 heteroatoms. The van der Waals surface area contributed by atoms with Gasteiger partial charge in [0.25, 0.3) is 5.91 Å². The molecule has 4 aromatic carbocycles. The quantitative estimate of drug-likeness (QED) is 0.321. The molecule has 0 heterocycles. The average molecular weight is 483 g/mol. The van der Waals surface area contributed by atoms with Gasteiger partial charge in [-0.3, -0.25) is 4.79 Å². The van der Waals surface area contributed by atoms with Crippen LogP contribution < -0.4 is 21.2 Å². The number of hydrogen-bond acceptors (Lipinski definition) is 1. The maximum Gasteiger partial charge on any atom is 0.269 e. The minimum absolute atomic E-state index is 0.0338. The van der Waals surface area contributed by atoms with Crippen molar-refractivity contribution in [1.82, 2.24) is 0 Å². The molecule has 0 saturated heterocycles. The van der Waals surface area contributed by atoms with Gasteiger partial charge in [-0.25, -0.2) is 4.39 Å². The molecule has 176 valence electrons. The van der Waals surface area contributed by atoms with Crippen LogP contribution in [0.5, 0.6) is 0 Å². The van der Waals surface area contributed by atoms with E-state index in [2.05, 4.69) is 78.1 Å². The summed E-state index contributed by atoms with van der Waals surface area (Å²) < 4.78 is 14.0. The van der Waals surface area contributed by atoms with E-state index in [1.807, 2.05) is 32.0 Å². The molecule has 0 atom stereocenters. The number of hydrogen-bond donors (Lipinski definition) is 1. The molecule has 0 aliphatic heterocycles. The molecule has 1 fully saturated rings. The van der Waals surface area contributed by atoms with Crippen LogP contribution in [0.2, 0.25) is 0 Å². The third-order valence-corrected chi connectivity index (χ3v) is 12.6. The van der Waals surface area contributed by atoms with Crippen LogP contribution in [0.4, 0.5) is 10.1 Å². The van der Waals surface area contributed by atoms with E-state index in [1.54, 1.807) is 0 Å². The van der Waals surface area contributed by atoms with Gasteiger partial charge in [0.15, 0.2) is 5.16 Å². The van der Waals surface area contributed by atoms with E-state index >= 15 is 0 Å². The molecule has 0 bridgehead atoms. The topological polar surface area (TPSA) is 29.1 Å². The van der Waals surface area contributed by atoms with E-state index in [0.29, 0.717) is 0 Å². The Morgan fingerprint density at radius 2 is 1.14 bits per heavy atom. The van der Waals surface area contributed by atoms with Crippen molar-refractivity contribution in [2.75, 3.05) is 5.32 Å². The highest BCUT2D eigenvalue weighted by molar-refractivity contribution is 7.97. The lowest BCUT2D eigenvalue weighted by molar-refractivity contribution is -0.120. The maximum absolute atomic E-state index is 14.5. The molecule has 1 aliphatic carbocycles. The summed E-state index contributed by atoms with van der Waals surface area (Å²) in [5, 5.41) is 6.32. The Labute approximate surface area is 207 Å². The second kappa shape index (κ2) is 9.40. The van der Waals surface area contributed by atoms with Crippen molar-refractivity contribution in [3.05, 3.63) is 120 Å². The molecule has 1 N–H and O–H groups in total. The minimum Gasteiger partial charge on any atom is -0.322 e. The second-order valence-corrected chi connectivity index (χ2v) is 13.2. The summed E-state index contributed by atoms with van der Waals surface area (Å²) in [5.74, 6) is -0.248. The van der Waals surface area contributed by atoms with E-state index in [4.69, 9.17) is 0 Å². The second-order valence-electron chi connectivity index (χ2n) is 9.43. The molecule has 1 saturated carbocycles. The molecule has 1 amide bonds. The molecule has 2 nitrogen and oxygen atoms in total. The van der Waals surface area contributed by atoms with E-state index in [-0.39, 0.29) is 11.7 Å². The van der Waals surface area contributed by atoms with Crippen molar-refractivity contribution in [2.45, 2.75) is 38.3 Å². The summed E-state index contributed by atoms with van der Waals surface area (Å²) in [6.45, 7) is 3.71. The highest BCUT2D eigenvalue weighted by atomic mass is 31.2. The van der Waals surface area contributed by atoms with E-state index in [1.165, 1.54) is 28.0 Å². The summed E-state index contributed by atoms with van der Waals surface area (Å²) in [5.41, 5.74) is 2.21. The summed E-state index contributed by atoms with van der Waals surface area (Å²) in [4.78, 5) is 14.5. The number of aryl methyl sites for hydroxylation is 2. The molecular formula is C31H30FNOP+. The summed E-state index contributed by atoms with van der Waals surface area (Å²) in [7, 11) is -2.41. The van der Waals surface area contributed by atoms with Gasteiger partial charge in [0, 0.05) is 5.69 Å². The zero-order valence-electron chi connectivity index (χ0n) is 20.2. The first-order valence-corrected chi connectivity index (χ1v) is 13.9. The lowest BCUT2D eigenvalue weighted by Gasteiger charge is -2.48. The Morgan fingerprint density at radius 1 is 0.743 bits per heavy atom. The lowest BCUT2D eigenvalue weighted by atomic mass is 9.83. The summed E-state index contributed by atoms with van der Waals surface area (Å²) >= 11 is 0. The largest absolute Gasteiger partial charge is 0.322 e. The van der Waals surface area contributed by atoms with Gasteiger partial charge < -0.3 is 5.32 Å². The van der Waals surface area contributed by atoms with Crippen molar-refractivity contribution >= 4 is 34.8 Å². The first kappa shape index (κ1) is 23.5. The first-order valence-electron chi connectivity index (χ1n) is 12.1. The SMILES string of the molecule is Cc1cc(F)cc(C)c1NC(=O)C1([P+](c2ccccc2)(c2ccccc2)c2ccccc2)CCC1. The maximum atomic E-state index is 14.5. The van der Waals surface area contributed by atoms with Gasteiger partial charge in [-0.15, -0.1) is 0 Å². The first-order chi connectivity index (χ1) is 17.0. The number of carbonyl (C=O) groups excluding carboxylic acids is 1. The zero-order chi connectivity index (χ0) is 24.5. The summed E-state index contributed by atoms with van der Waals surface area (Å²) in [6, 6.07) is 34.7. The van der Waals surface area contributed by atoms with Crippen LogP contribution in [-0.4, -0.2) is 11.1 Å². The van der Waals surface area contributed by atoms with Crippen LogP contribution >= 0.6 is 7.26 Å². The van der Waals surface area contributed by atoms with Crippen LogP contribution in [0, 0.1) is 19.7 Å². The van der Waals surface area contributed by atoms with Crippen molar-refractivity contribution in [3.63, 3.8) is 0 Å². The number of rotatable bonds is 6. The van der Waals surface area contributed by atoms with Gasteiger partial charge >= 0.3 is 0 Å². The highest BCUT2D eigenvalue weighted by Crippen LogP contribution is 2.72. The molecule has 5 rings (SSSR count). The molecule has 0 radical (unpaired) electrons. The van der Waals surface area contributed by atoms with Crippen molar-refractivity contribution in [2.24, 2.45) is 0 Å². The smallest absolute Gasteiger partial charge is 0.269 e. The van der Waals surface area contributed by atoms with Gasteiger partial charge in [0.05, 0.1) is 0 Å². The van der Waals surface area contributed by atoms with Gasteiger partial charge in [-0.1, -0.05) is 54.6 Å². The van der Waals surface area contributed by atoms with Crippen LogP contribution in [-0.2, 0) is 4.79 Å². The van der Waals surface area contributed by atoms with Crippen LogP contribution in [0.15, 0.2) is 103 Å². The van der Waals surface area contributed by atoms with Crippen LogP contribution in [0.25, 0.3) is 0 Å². The highest BCUT2D eigenvalue weighted by Gasteiger charge is 2.69. The van der Waals surface area contributed by atoms with E-state index in [0.717, 1.165) is 36.1 Å². The molecule has 1 aliphatic rings. The average Bonchev–Trinajstić information content (AvgIpc) is 2.85.